The molecule has 1 aromatic rings. The average Bonchev–Trinajstić information content (AvgIpc) is 2.45. The first-order valence-corrected chi connectivity index (χ1v) is 7.72. The largest absolute Gasteiger partial charge is 0.490 e. The molecule has 1 atom stereocenters. The van der Waals surface area contributed by atoms with Crippen LogP contribution in [0, 0.1) is 6.92 Å². The van der Waals surface area contributed by atoms with Crippen molar-refractivity contribution in [1.29, 1.82) is 0 Å². The average molecular weight is 289 g/mol. The molecule has 3 rings (SSSR count). The summed E-state index contributed by atoms with van der Waals surface area (Å²) in [6.45, 7) is 4.60. The van der Waals surface area contributed by atoms with Crippen molar-refractivity contribution in [2.75, 3.05) is 6.61 Å². The highest BCUT2D eigenvalue weighted by molar-refractivity contribution is 6.00. The molecule has 21 heavy (non-hydrogen) atoms. The summed E-state index contributed by atoms with van der Waals surface area (Å²) >= 11 is 0. The fraction of sp³-hybridized carbons (Fsp3) is 0.588. The third-order valence-corrected chi connectivity index (χ3v) is 4.68. The molecule has 1 saturated carbocycles. The molecule has 1 aliphatic carbocycles. The molecule has 1 aromatic carbocycles. The van der Waals surface area contributed by atoms with E-state index < -0.39 is 0 Å². The summed E-state index contributed by atoms with van der Waals surface area (Å²) in [4.78, 5) is 0. The molecule has 1 N–H and O–H groups in total. The van der Waals surface area contributed by atoms with Crippen molar-refractivity contribution in [3.63, 3.8) is 0 Å². The SMILES string of the molecule is C/C(=N/O)c1ccc(C)cc1OC1CCOC2(CCC2)C1. The molecule has 1 unspecified atom stereocenters. The molecule has 1 heterocycles. The Hall–Kier alpha value is -1.55. The van der Waals surface area contributed by atoms with E-state index in [4.69, 9.17) is 14.7 Å². The lowest BCUT2D eigenvalue weighted by atomic mass is 9.74. The number of oxime groups is 1. The second-order valence-corrected chi connectivity index (χ2v) is 6.30. The molecule has 0 radical (unpaired) electrons. The fourth-order valence-corrected chi connectivity index (χ4v) is 3.26. The molecule has 0 aromatic heterocycles. The number of nitrogens with zero attached hydrogens (tertiary/aromatic N) is 1. The predicted octanol–water partition coefficient (Wildman–Crippen LogP) is 3.67. The van der Waals surface area contributed by atoms with E-state index in [0.29, 0.717) is 5.71 Å². The smallest absolute Gasteiger partial charge is 0.129 e. The van der Waals surface area contributed by atoms with Gasteiger partial charge in [0.2, 0.25) is 0 Å². The van der Waals surface area contributed by atoms with Crippen LogP contribution < -0.4 is 4.74 Å². The number of hydrogen-bond donors (Lipinski definition) is 1. The molecule has 4 nitrogen and oxygen atoms in total. The molecule has 1 aliphatic heterocycles. The number of ether oxygens (including phenoxy) is 2. The minimum atomic E-state index is 0.0764. The summed E-state index contributed by atoms with van der Waals surface area (Å²) in [6, 6.07) is 5.99. The molecular formula is C17H23NO3. The van der Waals surface area contributed by atoms with Crippen molar-refractivity contribution >= 4 is 5.71 Å². The highest BCUT2D eigenvalue weighted by Gasteiger charge is 2.43. The lowest BCUT2D eigenvalue weighted by molar-refractivity contribution is -0.153. The maximum absolute atomic E-state index is 9.03. The van der Waals surface area contributed by atoms with Crippen LogP contribution in [0.25, 0.3) is 0 Å². The molecule has 1 saturated heterocycles. The Kier molecular flexibility index (Phi) is 3.89. The maximum Gasteiger partial charge on any atom is 0.129 e. The van der Waals surface area contributed by atoms with E-state index in [1.165, 1.54) is 6.42 Å². The fourth-order valence-electron chi connectivity index (χ4n) is 3.26. The molecule has 114 valence electrons. The van der Waals surface area contributed by atoms with Crippen molar-refractivity contribution in [2.45, 2.75) is 57.7 Å². The van der Waals surface area contributed by atoms with Gasteiger partial charge < -0.3 is 14.7 Å². The second kappa shape index (κ2) is 5.68. The summed E-state index contributed by atoms with van der Waals surface area (Å²) in [7, 11) is 0. The first kappa shape index (κ1) is 14.4. The lowest BCUT2D eigenvalue weighted by Gasteiger charge is -2.47. The third kappa shape index (κ3) is 2.91. The molecular weight excluding hydrogens is 266 g/mol. The highest BCUT2D eigenvalue weighted by Crippen LogP contribution is 2.43. The van der Waals surface area contributed by atoms with E-state index in [0.717, 1.165) is 49.2 Å². The van der Waals surface area contributed by atoms with Crippen LogP contribution in [0.15, 0.2) is 23.4 Å². The normalized spacial score (nSPS) is 24.7. The maximum atomic E-state index is 9.03. The van der Waals surface area contributed by atoms with Crippen LogP contribution >= 0.6 is 0 Å². The van der Waals surface area contributed by atoms with E-state index in [1.807, 2.05) is 25.1 Å². The molecule has 1 spiro atoms. The van der Waals surface area contributed by atoms with Gasteiger partial charge in [-0.3, -0.25) is 0 Å². The van der Waals surface area contributed by atoms with Gasteiger partial charge in [-0.2, -0.15) is 0 Å². The first-order chi connectivity index (χ1) is 10.1. The number of benzene rings is 1. The van der Waals surface area contributed by atoms with Crippen molar-refractivity contribution < 1.29 is 14.7 Å². The Bertz CT molecular complexity index is 549. The Morgan fingerprint density at radius 1 is 1.43 bits per heavy atom. The molecule has 4 heteroatoms. The van der Waals surface area contributed by atoms with E-state index in [1.54, 1.807) is 6.92 Å². The Morgan fingerprint density at radius 2 is 2.24 bits per heavy atom. The van der Waals surface area contributed by atoms with E-state index >= 15 is 0 Å². The van der Waals surface area contributed by atoms with Crippen LogP contribution in [0.1, 0.15) is 50.2 Å². The Labute approximate surface area is 125 Å². The van der Waals surface area contributed by atoms with Gasteiger partial charge in [0.25, 0.3) is 0 Å². The molecule has 0 amide bonds. The van der Waals surface area contributed by atoms with Gasteiger partial charge in [0.1, 0.15) is 11.9 Å². The molecule has 2 aliphatic rings. The van der Waals surface area contributed by atoms with E-state index in [2.05, 4.69) is 5.16 Å². The van der Waals surface area contributed by atoms with Crippen LogP contribution in [0.3, 0.4) is 0 Å². The van der Waals surface area contributed by atoms with Gasteiger partial charge in [-0.05, 0) is 50.8 Å². The standard InChI is InChI=1S/C17H23NO3/c1-12-4-5-15(13(2)18-19)16(10-12)21-14-6-9-20-17(11-14)7-3-8-17/h4-5,10,14,19H,3,6-9,11H2,1-2H3/b18-13-. The van der Waals surface area contributed by atoms with Crippen LogP contribution in [0.4, 0.5) is 0 Å². The molecule has 0 bridgehead atoms. The minimum absolute atomic E-state index is 0.0764. The van der Waals surface area contributed by atoms with Crippen LogP contribution in [-0.4, -0.2) is 29.2 Å². The third-order valence-electron chi connectivity index (χ3n) is 4.68. The summed E-state index contributed by atoms with van der Waals surface area (Å²) in [5.41, 5.74) is 2.66. The topological polar surface area (TPSA) is 51.1 Å². The van der Waals surface area contributed by atoms with Gasteiger partial charge in [0.05, 0.1) is 17.9 Å². The van der Waals surface area contributed by atoms with E-state index in [-0.39, 0.29) is 11.7 Å². The quantitative estimate of drug-likeness (QED) is 0.524. The zero-order valence-corrected chi connectivity index (χ0v) is 12.8. The zero-order valence-electron chi connectivity index (χ0n) is 12.8. The number of hydrogen-bond acceptors (Lipinski definition) is 4. The Balaban J connectivity index is 1.79. The van der Waals surface area contributed by atoms with Crippen molar-refractivity contribution in [3.8, 4) is 5.75 Å². The van der Waals surface area contributed by atoms with Gasteiger partial charge in [0, 0.05) is 18.4 Å². The molecule has 2 fully saturated rings. The summed E-state index contributed by atoms with van der Waals surface area (Å²) in [5, 5.41) is 12.3. The number of aryl methyl sites for hydroxylation is 1. The van der Waals surface area contributed by atoms with Crippen LogP contribution in [-0.2, 0) is 4.74 Å². The zero-order chi connectivity index (χ0) is 14.9. The minimum Gasteiger partial charge on any atom is -0.490 e. The van der Waals surface area contributed by atoms with Gasteiger partial charge in [0.15, 0.2) is 0 Å². The highest BCUT2D eigenvalue weighted by atomic mass is 16.5. The van der Waals surface area contributed by atoms with Crippen LogP contribution in [0.5, 0.6) is 5.75 Å². The Morgan fingerprint density at radius 3 is 2.90 bits per heavy atom. The van der Waals surface area contributed by atoms with Crippen LogP contribution in [0.2, 0.25) is 0 Å². The van der Waals surface area contributed by atoms with Gasteiger partial charge in [-0.1, -0.05) is 11.2 Å². The van der Waals surface area contributed by atoms with E-state index in [9.17, 15) is 0 Å². The van der Waals surface area contributed by atoms with Crippen molar-refractivity contribution in [1.82, 2.24) is 0 Å². The van der Waals surface area contributed by atoms with Crippen molar-refractivity contribution in [2.24, 2.45) is 5.16 Å². The van der Waals surface area contributed by atoms with Crippen molar-refractivity contribution in [3.05, 3.63) is 29.3 Å². The van der Waals surface area contributed by atoms with Gasteiger partial charge >= 0.3 is 0 Å². The number of rotatable bonds is 3. The second-order valence-electron chi connectivity index (χ2n) is 6.30. The summed E-state index contributed by atoms with van der Waals surface area (Å²) in [6.07, 6.45) is 5.65. The lowest BCUT2D eigenvalue weighted by Crippen LogP contribution is -2.48. The van der Waals surface area contributed by atoms with Gasteiger partial charge in [-0.15, -0.1) is 0 Å². The predicted molar refractivity (Wildman–Crippen MR) is 81.4 cm³/mol. The first-order valence-electron chi connectivity index (χ1n) is 7.72. The summed E-state index contributed by atoms with van der Waals surface area (Å²) in [5.74, 6) is 0.812. The summed E-state index contributed by atoms with van der Waals surface area (Å²) < 4.78 is 12.2. The monoisotopic (exact) mass is 289 g/mol. The van der Waals surface area contributed by atoms with Gasteiger partial charge in [-0.25, -0.2) is 0 Å².